The fourth-order valence-electron chi connectivity index (χ4n) is 5.46. The number of nitrogens with zero attached hydrogens (tertiary/aromatic N) is 3. The van der Waals surface area contributed by atoms with E-state index in [1.165, 1.54) is 17.2 Å². The number of hydrogen-bond donors (Lipinski definition) is 0. The number of aromatic nitrogens is 2. The molecule has 0 spiro atoms. The van der Waals surface area contributed by atoms with Crippen molar-refractivity contribution in [2.24, 2.45) is 0 Å². The molecule has 2 aromatic carbocycles. The van der Waals surface area contributed by atoms with Crippen molar-refractivity contribution in [1.82, 2.24) is 14.9 Å². The zero-order valence-electron chi connectivity index (χ0n) is 19.5. The molecule has 2 fully saturated rings. The first-order valence-electron chi connectivity index (χ1n) is 12.1. The van der Waals surface area contributed by atoms with Crippen LogP contribution in [0.5, 0.6) is 0 Å². The highest BCUT2D eigenvalue weighted by molar-refractivity contribution is 5.89. The molecule has 1 atom stereocenters. The maximum atomic E-state index is 14.9. The minimum Gasteiger partial charge on any atom is -0.381 e. The lowest BCUT2D eigenvalue weighted by Gasteiger charge is -2.40. The van der Waals surface area contributed by atoms with E-state index in [1.54, 1.807) is 24.5 Å². The Morgan fingerprint density at radius 3 is 2.76 bits per heavy atom. The van der Waals surface area contributed by atoms with Crippen molar-refractivity contribution in [3.63, 3.8) is 0 Å². The van der Waals surface area contributed by atoms with Gasteiger partial charge in [0.05, 0.1) is 29.0 Å². The van der Waals surface area contributed by atoms with Gasteiger partial charge in [0.2, 0.25) is 5.91 Å². The lowest BCUT2D eigenvalue weighted by molar-refractivity contribution is -0.142. The maximum Gasteiger partial charge on any atom is 0.234 e. The zero-order chi connectivity index (χ0) is 23.5. The van der Waals surface area contributed by atoms with Gasteiger partial charge in [-0.15, -0.1) is 0 Å². The summed E-state index contributed by atoms with van der Waals surface area (Å²) in [6, 6.07) is 14.9. The lowest BCUT2D eigenvalue weighted by Crippen LogP contribution is -2.50. The van der Waals surface area contributed by atoms with Gasteiger partial charge in [-0.2, -0.15) is 0 Å². The number of amides is 1. The van der Waals surface area contributed by atoms with E-state index in [9.17, 15) is 9.18 Å². The molecule has 0 radical (unpaired) electrons. The van der Waals surface area contributed by atoms with Crippen LogP contribution >= 0.6 is 0 Å². The Hall–Kier alpha value is -3.12. The van der Waals surface area contributed by atoms with Crippen LogP contribution < -0.4 is 0 Å². The van der Waals surface area contributed by atoms with Crippen molar-refractivity contribution in [3.8, 4) is 0 Å². The molecular weight excluding hydrogens is 429 g/mol. The Morgan fingerprint density at radius 2 is 1.97 bits per heavy atom. The van der Waals surface area contributed by atoms with Gasteiger partial charge in [-0.05, 0) is 44.2 Å². The summed E-state index contributed by atoms with van der Waals surface area (Å²) < 4.78 is 20.5. The van der Waals surface area contributed by atoms with Crippen LogP contribution in [0.15, 0.2) is 60.9 Å². The molecule has 1 aromatic heterocycles. The van der Waals surface area contributed by atoms with Gasteiger partial charge in [0.25, 0.3) is 0 Å². The van der Waals surface area contributed by atoms with E-state index < -0.39 is 5.41 Å². The minimum absolute atomic E-state index is 0.0192. The number of rotatable bonds is 5. The summed E-state index contributed by atoms with van der Waals surface area (Å²) in [6.45, 7) is 3.62. The molecule has 0 bridgehead atoms. The highest BCUT2D eigenvalue weighted by atomic mass is 19.1. The van der Waals surface area contributed by atoms with E-state index >= 15 is 0 Å². The van der Waals surface area contributed by atoms with Crippen molar-refractivity contribution in [3.05, 3.63) is 94.8 Å². The number of hydrogen-bond acceptors (Lipinski definition) is 4. The van der Waals surface area contributed by atoms with Gasteiger partial charge in [0.1, 0.15) is 5.82 Å². The Labute approximate surface area is 200 Å². The van der Waals surface area contributed by atoms with Crippen molar-refractivity contribution in [2.45, 2.75) is 50.5 Å². The summed E-state index contributed by atoms with van der Waals surface area (Å²) in [4.78, 5) is 25.4. The normalized spacial score (nSPS) is 19.8. The van der Waals surface area contributed by atoms with Crippen LogP contribution in [0.25, 0.3) is 0 Å². The average Bonchev–Trinajstić information content (AvgIpc) is 3.34. The SMILES string of the molecule is Cc1cccc(Cc2cncc([C@H]3CCCN3C(=O)C3(c4ccccc4F)CCOCC3)n2)c1. The van der Waals surface area contributed by atoms with Gasteiger partial charge in [0.15, 0.2) is 0 Å². The second kappa shape index (κ2) is 9.63. The first-order valence-corrected chi connectivity index (χ1v) is 12.1. The summed E-state index contributed by atoms with van der Waals surface area (Å²) >= 11 is 0. The molecule has 3 aromatic rings. The van der Waals surface area contributed by atoms with Gasteiger partial charge < -0.3 is 9.64 Å². The molecule has 0 aliphatic carbocycles. The third-order valence-electron chi connectivity index (χ3n) is 7.17. The third-order valence-corrected chi connectivity index (χ3v) is 7.17. The Bertz CT molecular complexity index is 1180. The number of benzene rings is 2. The molecule has 2 aliphatic heterocycles. The van der Waals surface area contributed by atoms with Gasteiger partial charge >= 0.3 is 0 Å². The number of likely N-dealkylation sites (tertiary alicyclic amines) is 1. The molecule has 6 heteroatoms. The van der Waals surface area contributed by atoms with E-state index in [1.807, 2.05) is 11.0 Å². The predicted octanol–water partition coefficient (Wildman–Crippen LogP) is 4.93. The van der Waals surface area contributed by atoms with Gasteiger partial charge in [-0.3, -0.25) is 14.8 Å². The van der Waals surface area contributed by atoms with E-state index in [-0.39, 0.29) is 17.8 Å². The Balaban J connectivity index is 1.44. The molecule has 34 heavy (non-hydrogen) atoms. The first-order chi connectivity index (χ1) is 16.6. The van der Waals surface area contributed by atoms with Crippen LogP contribution in [0.4, 0.5) is 4.39 Å². The number of carbonyl (C=O) groups is 1. The standard InChI is InChI=1S/C28H30FN3O2/c1-20-6-4-7-21(16-20)17-22-18-30-19-25(31-22)26-10-5-13-32(26)27(33)28(11-14-34-15-12-28)23-8-2-3-9-24(23)29/h2-4,6-9,16,18-19,26H,5,10-15,17H2,1H3/t26-/m1/s1. The number of ether oxygens (including phenoxy) is 1. The second-order valence-electron chi connectivity index (χ2n) is 9.43. The summed E-state index contributed by atoms with van der Waals surface area (Å²) in [5.41, 5.74) is 3.67. The predicted molar refractivity (Wildman–Crippen MR) is 128 cm³/mol. The Morgan fingerprint density at radius 1 is 1.15 bits per heavy atom. The maximum absolute atomic E-state index is 14.9. The zero-order valence-corrected chi connectivity index (χ0v) is 19.5. The minimum atomic E-state index is -0.904. The number of aryl methyl sites for hydroxylation is 1. The van der Waals surface area contributed by atoms with Crippen molar-refractivity contribution in [2.75, 3.05) is 19.8 Å². The summed E-state index contributed by atoms with van der Waals surface area (Å²) in [5, 5.41) is 0. The fraction of sp³-hybridized carbons (Fsp3) is 0.393. The van der Waals surface area contributed by atoms with E-state index in [4.69, 9.17) is 9.72 Å². The molecule has 2 aliphatic rings. The topological polar surface area (TPSA) is 55.3 Å². The van der Waals surface area contributed by atoms with Crippen molar-refractivity contribution in [1.29, 1.82) is 0 Å². The van der Waals surface area contributed by atoms with Crippen LogP contribution in [-0.4, -0.2) is 40.5 Å². The van der Waals surface area contributed by atoms with E-state index in [0.717, 1.165) is 24.2 Å². The number of carbonyl (C=O) groups excluding carboxylic acids is 1. The van der Waals surface area contributed by atoms with Crippen LogP contribution in [0.3, 0.4) is 0 Å². The van der Waals surface area contributed by atoms with Crippen LogP contribution in [0, 0.1) is 12.7 Å². The van der Waals surface area contributed by atoms with Crippen LogP contribution in [-0.2, 0) is 21.4 Å². The molecule has 176 valence electrons. The fourth-order valence-corrected chi connectivity index (χ4v) is 5.46. The molecule has 0 unspecified atom stereocenters. The summed E-state index contributed by atoms with van der Waals surface area (Å²) in [5.74, 6) is -0.345. The third kappa shape index (κ3) is 4.34. The van der Waals surface area contributed by atoms with Crippen molar-refractivity contribution >= 4 is 5.91 Å². The van der Waals surface area contributed by atoms with E-state index in [2.05, 4.69) is 36.2 Å². The monoisotopic (exact) mass is 459 g/mol. The quantitative estimate of drug-likeness (QED) is 0.543. The molecule has 2 saturated heterocycles. The molecule has 5 nitrogen and oxygen atoms in total. The van der Waals surface area contributed by atoms with E-state index in [0.29, 0.717) is 44.6 Å². The molecule has 0 saturated carbocycles. The number of halogens is 1. The first kappa shape index (κ1) is 22.7. The summed E-state index contributed by atoms with van der Waals surface area (Å²) in [7, 11) is 0. The molecule has 3 heterocycles. The van der Waals surface area contributed by atoms with Gasteiger partial charge in [0, 0.05) is 37.9 Å². The highest BCUT2D eigenvalue weighted by Gasteiger charge is 2.48. The highest BCUT2D eigenvalue weighted by Crippen LogP contribution is 2.42. The molecule has 0 N–H and O–H groups in total. The van der Waals surface area contributed by atoms with Gasteiger partial charge in [-0.25, -0.2) is 4.39 Å². The summed E-state index contributed by atoms with van der Waals surface area (Å²) in [6.07, 6.45) is 6.95. The second-order valence-corrected chi connectivity index (χ2v) is 9.43. The average molecular weight is 460 g/mol. The van der Waals surface area contributed by atoms with Crippen LogP contribution in [0.2, 0.25) is 0 Å². The van der Waals surface area contributed by atoms with Crippen molar-refractivity contribution < 1.29 is 13.9 Å². The molecule has 1 amide bonds. The Kier molecular flexibility index (Phi) is 6.42. The largest absolute Gasteiger partial charge is 0.381 e. The van der Waals surface area contributed by atoms with Crippen LogP contribution in [0.1, 0.15) is 59.8 Å². The smallest absolute Gasteiger partial charge is 0.234 e. The van der Waals surface area contributed by atoms with Gasteiger partial charge in [-0.1, -0.05) is 48.0 Å². The lowest BCUT2D eigenvalue weighted by atomic mass is 9.72. The molecular formula is C28H30FN3O2. The molecule has 5 rings (SSSR count).